The van der Waals surface area contributed by atoms with E-state index < -0.39 is 0 Å². The summed E-state index contributed by atoms with van der Waals surface area (Å²) >= 11 is 0. The highest BCUT2D eigenvalue weighted by molar-refractivity contribution is 6.03. The van der Waals surface area contributed by atoms with Crippen molar-refractivity contribution in [2.75, 3.05) is 26.6 Å². The number of oxazole rings is 1. The van der Waals surface area contributed by atoms with Gasteiger partial charge in [0.2, 0.25) is 11.5 Å². The molecule has 0 spiro atoms. The van der Waals surface area contributed by atoms with Crippen LogP contribution in [-0.4, -0.2) is 32.2 Å². The standard InChI is InChI=1S/C16H20N2O5/c1-9(2)13-15(23-8-17-13)16(19)18-10-6-11(20-3)14(22-5)12(7-10)21-4/h6-9H,1-5H3,(H,18,19). The number of anilines is 1. The van der Waals surface area contributed by atoms with Crippen LogP contribution in [0, 0.1) is 0 Å². The molecule has 7 nitrogen and oxygen atoms in total. The van der Waals surface area contributed by atoms with Gasteiger partial charge in [-0.25, -0.2) is 4.98 Å². The molecule has 0 radical (unpaired) electrons. The predicted octanol–water partition coefficient (Wildman–Crippen LogP) is 3.08. The summed E-state index contributed by atoms with van der Waals surface area (Å²) in [7, 11) is 4.54. The number of carbonyl (C=O) groups is 1. The van der Waals surface area contributed by atoms with Crippen molar-refractivity contribution in [2.45, 2.75) is 19.8 Å². The van der Waals surface area contributed by atoms with Gasteiger partial charge in [0.05, 0.1) is 27.0 Å². The van der Waals surface area contributed by atoms with Crippen molar-refractivity contribution >= 4 is 11.6 Å². The molecule has 0 saturated heterocycles. The molecule has 0 fully saturated rings. The fraction of sp³-hybridized carbons (Fsp3) is 0.375. The van der Waals surface area contributed by atoms with Gasteiger partial charge in [-0.15, -0.1) is 0 Å². The van der Waals surface area contributed by atoms with Crippen LogP contribution in [-0.2, 0) is 0 Å². The fourth-order valence-electron chi connectivity index (χ4n) is 2.18. The Labute approximate surface area is 134 Å². The third-order valence-electron chi connectivity index (χ3n) is 3.27. The number of benzene rings is 1. The van der Waals surface area contributed by atoms with E-state index in [0.717, 1.165) is 0 Å². The Hall–Kier alpha value is -2.70. The summed E-state index contributed by atoms with van der Waals surface area (Å²) in [5.41, 5.74) is 1.10. The van der Waals surface area contributed by atoms with Crippen LogP contribution >= 0.6 is 0 Å². The number of aromatic nitrogens is 1. The Morgan fingerprint density at radius 1 is 1.13 bits per heavy atom. The number of nitrogens with zero attached hydrogens (tertiary/aromatic N) is 1. The second kappa shape index (κ2) is 7.04. The van der Waals surface area contributed by atoms with Crippen molar-refractivity contribution in [3.05, 3.63) is 30.0 Å². The van der Waals surface area contributed by atoms with Crippen molar-refractivity contribution in [3.8, 4) is 17.2 Å². The topological polar surface area (TPSA) is 82.8 Å². The van der Waals surface area contributed by atoms with Crippen molar-refractivity contribution in [1.29, 1.82) is 0 Å². The molecule has 0 aliphatic carbocycles. The number of hydrogen-bond acceptors (Lipinski definition) is 6. The quantitative estimate of drug-likeness (QED) is 0.880. The first-order chi connectivity index (χ1) is 11.0. The maximum Gasteiger partial charge on any atom is 0.293 e. The summed E-state index contributed by atoms with van der Waals surface area (Å²) in [5.74, 6) is 1.23. The second-order valence-electron chi connectivity index (χ2n) is 5.09. The summed E-state index contributed by atoms with van der Waals surface area (Å²) in [4.78, 5) is 16.5. The molecule has 2 aromatic rings. The van der Waals surface area contributed by atoms with Gasteiger partial charge in [0, 0.05) is 17.8 Å². The average molecular weight is 320 g/mol. The van der Waals surface area contributed by atoms with E-state index >= 15 is 0 Å². The lowest BCUT2D eigenvalue weighted by Gasteiger charge is -2.14. The molecular weight excluding hydrogens is 300 g/mol. The van der Waals surface area contributed by atoms with Crippen molar-refractivity contribution in [3.63, 3.8) is 0 Å². The van der Waals surface area contributed by atoms with E-state index in [1.54, 1.807) is 12.1 Å². The third-order valence-corrected chi connectivity index (χ3v) is 3.27. The van der Waals surface area contributed by atoms with Crippen LogP contribution in [0.3, 0.4) is 0 Å². The molecular formula is C16H20N2O5. The Bertz CT molecular complexity index is 669. The molecule has 1 N–H and O–H groups in total. The highest BCUT2D eigenvalue weighted by Crippen LogP contribution is 2.40. The smallest absolute Gasteiger partial charge is 0.293 e. The van der Waals surface area contributed by atoms with Gasteiger partial charge >= 0.3 is 0 Å². The van der Waals surface area contributed by atoms with Gasteiger partial charge in [0.25, 0.3) is 5.91 Å². The zero-order chi connectivity index (χ0) is 17.0. The van der Waals surface area contributed by atoms with Gasteiger partial charge in [-0.2, -0.15) is 0 Å². The van der Waals surface area contributed by atoms with Gasteiger partial charge in [-0.3, -0.25) is 4.79 Å². The zero-order valence-corrected chi connectivity index (χ0v) is 13.8. The number of hydrogen-bond donors (Lipinski definition) is 1. The minimum Gasteiger partial charge on any atom is -0.493 e. The van der Waals surface area contributed by atoms with E-state index in [4.69, 9.17) is 18.6 Å². The summed E-state index contributed by atoms with van der Waals surface area (Å²) in [5, 5.41) is 2.75. The summed E-state index contributed by atoms with van der Waals surface area (Å²) in [6, 6.07) is 3.29. The number of methoxy groups -OCH3 is 3. The summed E-state index contributed by atoms with van der Waals surface area (Å²) in [6.45, 7) is 3.88. The lowest BCUT2D eigenvalue weighted by atomic mass is 10.1. The van der Waals surface area contributed by atoms with E-state index in [1.165, 1.54) is 27.7 Å². The van der Waals surface area contributed by atoms with Crippen LogP contribution in [0.2, 0.25) is 0 Å². The first-order valence-electron chi connectivity index (χ1n) is 7.06. The van der Waals surface area contributed by atoms with Crippen LogP contribution in [0.25, 0.3) is 0 Å². The molecule has 23 heavy (non-hydrogen) atoms. The molecule has 2 rings (SSSR count). The molecule has 1 amide bonds. The van der Waals surface area contributed by atoms with E-state index in [-0.39, 0.29) is 17.6 Å². The minimum absolute atomic E-state index is 0.0782. The second-order valence-corrected chi connectivity index (χ2v) is 5.09. The molecule has 1 aromatic carbocycles. The number of amides is 1. The van der Waals surface area contributed by atoms with Crippen molar-refractivity contribution < 1.29 is 23.4 Å². The van der Waals surface area contributed by atoms with E-state index in [2.05, 4.69) is 10.3 Å². The monoisotopic (exact) mass is 320 g/mol. The molecule has 0 atom stereocenters. The molecule has 0 aliphatic rings. The first-order valence-corrected chi connectivity index (χ1v) is 7.06. The van der Waals surface area contributed by atoms with Crippen LogP contribution in [0.4, 0.5) is 5.69 Å². The molecule has 0 bridgehead atoms. The highest BCUT2D eigenvalue weighted by atomic mass is 16.5. The number of ether oxygens (including phenoxy) is 3. The van der Waals surface area contributed by atoms with Gasteiger partial charge in [-0.05, 0) is 5.92 Å². The summed E-state index contributed by atoms with van der Waals surface area (Å²) in [6.07, 6.45) is 1.26. The van der Waals surface area contributed by atoms with E-state index in [1.807, 2.05) is 13.8 Å². The zero-order valence-electron chi connectivity index (χ0n) is 13.8. The lowest BCUT2D eigenvalue weighted by Crippen LogP contribution is -2.14. The predicted molar refractivity (Wildman–Crippen MR) is 84.6 cm³/mol. The Morgan fingerprint density at radius 3 is 2.22 bits per heavy atom. The number of carbonyl (C=O) groups excluding carboxylic acids is 1. The highest BCUT2D eigenvalue weighted by Gasteiger charge is 2.21. The first kappa shape index (κ1) is 16.7. The van der Waals surface area contributed by atoms with Gasteiger partial charge in [-0.1, -0.05) is 13.8 Å². The van der Waals surface area contributed by atoms with Crippen LogP contribution in [0.1, 0.15) is 36.0 Å². The van der Waals surface area contributed by atoms with Crippen LogP contribution in [0.5, 0.6) is 17.2 Å². The number of nitrogens with one attached hydrogen (secondary N) is 1. The van der Waals surface area contributed by atoms with E-state index in [9.17, 15) is 4.79 Å². The molecule has 0 saturated carbocycles. The van der Waals surface area contributed by atoms with Gasteiger partial charge in [0.15, 0.2) is 17.9 Å². The van der Waals surface area contributed by atoms with Crippen LogP contribution < -0.4 is 19.5 Å². The van der Waals surface area contributed by atoms with Gasteiger partial charge in [0.1, 0.15) is 0 Å². The molecule has 7 heteroatoms. The maximum atomic E-state index is 12.4. The Kier molecular flexibility index (Phi) is 5.10. The van der Waals surface area contributed by atoms with Gasteiger partial charge < -0.3 is 23.9 Å². The normalized spacial score (nSPS) is 10.5. The van der Waals surface area contributed by atoms with Crippen molar-refractivity contribution in [2.24, 2.45) is 0 Å². The molecule has 0 aliphatic heterocycles. The number of rotatable bonds is 6. The third kappa shape index (κ3) is 3.39. The Balaban J connectivity index is 2.32. The molecule has 0 unspecified atom stereocenters. The largest absolute Gasteiger partial charge is 0.493 e. The lowest BCUT2D eigenvalue weighted by molar-refractivity contribution is 0.0995. The molecule has 1 aromatic heterocycles. The average Bonchev–Trinajstić information content (AvgIpc) is 3.03. The summed E-state index contributed by atoms with van der Waals surface area (Å²) < 4.78 is 21.0. The molecule has 124 valence electrons. The van der Waals surface area contributed by atoms with Crippen LogP contribution in [0.15, 0.2) is 22.9 Å². The maximum absolute atomic E-state index is 12.4. The molecule has 1 heterocycles. The van der Waals surface area contributed by atoms with Crippen molar-refractivity contribution in [1.82, 2.24) is 4.98 Å². The van der Waals surface area contributed by atoms with E-state index in [0.29, 0.717) is 28.6 Å². The fourth-order valence-corrected chi connectivity index (χ4v) is 2.18. The minimum atomic E-state index is -0.388. The SMILES string of the molecule is COc1cc(NC(=O)c2ocnc2C(C)C)cc(OC)c1OC. The Morgan fingerprint density at radius 2 is 1.74 bits per heavy atom.